The summed E-state index contributed by atoms with van der Waals surface area (Å²) in [5.74, 6) is 1.29. The first-order valence-electron chi connectivity index (χ1n) is 7.45. The van der Waals surface area contributed by atoms with Crippen LogP contribution in [0.15, 0.2) is 12.1 Å². The molecular weight excluding hydrogens is 252 g/mol. The second-order valence-corrected chi connectivity index (χ2v) is 5.91. The molecule has 0 aromatic carbocycles. The third kappa shape index (κ3) is 3.54. The van der Waals surface area contributed by atoms with Crippen molar-refractivity contribution in [3.63, 3.8) is 0 Å². The monoisotopic (exact) mass is 278 g/mol. The van der Waals surface area contributed by atoms with E-state index < -0.39 is 0 Å². The van der Waals surface area contributed by atoms with Gasteiger partial charge in [0.1, 0.15) is 5.82 Å². The molecule has 0 bridgehead atoms. The summed E-state index contributed by atoms with van der Waals surface area (Å²) in [5, 5.41) is 2.28. The number of nitrogens with one attached hydrogen (secondary N) is 1. The molecule has 1 aromatic heterocycles. The van der Waals surface area contributed by atoms with Gasteiger partial charge in [0.25, 0.3) is 0 Å². The van der Waals surface area contributed by atoms with Crippen LogP contribution in [0, 0.1) is 0 Å². The number of nitrogens with two attached hydrogens (primary N) is 1. The maximum atomic E-state index is 5.90. The van der Waals surface area contributed by atoms with Gasteiger partial charge in [0.15, 0.2) is 0 Å². The second-order valence-electron chi connectivity index (χ2n) is 5.91. The molecule has 0 amide bonds. The Morgan fingerprint density at radius 3 is 2.55 bits per heavy atom. The minimum absolute atomic E-state index is 0.0629. The summed E-state index contributed by atoms with van der Waals surface area (Å²) in [6.07, 6.45) is 3.77. The van der Waals surface area contributed by atoms with E-state index in [1.807, 2.05) is 26.0 Å². The Bertz CT molecular complexity index is 439. The van der Waals surface area contributed by atoms with Crippen LogP contribution < -0.4 is 15.9 Å². The first kappa shape index (κ1) is 14.9. The molecule has 0 radical (unpaired) electrons. The summed E-state index contributed by atoms with van der Waals surface area (Å²) in [4.78, 5) is 4.48. The molecule has 5 heteroatoms. The number of hydrazine groups is 1. The van der Waals surface area contributed by atoms with Gasteiger partial charge in [0.05, 0.1) is 11.8 Å². The Labute approximate surface area is 121 Å². The zero-order chi connectivity index (χ0) is 14.7. The lowest BCUT2D eigenvalue weighted by Crippen LogP contribution is -2.47. The minimum atomic E-state index is 0.0629. The predicted octanol–water partition coefficient (Wildman–Crippen LogP) is 3.04. The Morgan fingerprint density at radius 1 is 1.30 bits per heavy atom. The highest BCUT2D eigenvalue weighted by atomic mass is 16.5. The maximum absolute atomic E-state index is 5.90. The minimum Gasteiger partial charge on any atom is -0.473 e. The van der Waals surface area contributed by atoms with Crippen molar-refractivity contribution in [3.05, 3.63) is 12.1 Å². The number of aromatic nitrogens is 1. The lowest BCUT2D eigenvalue weighted by atomic mass is 10.00. The van der Waals surface area contributed by atoms with Crippen molar-refractivity contribution in [2.45, 2.75) is 65.1 Å². The van der Waals surface area contributed by atoms with Gasteiger partial charge in [-0.1, -0.05) is 6.42 Å². The van der Waals surface area contributed by atoms with Gasteiger partial charge in [-0.3, -0.25) is 0 Å². The Hall–Kier alpha value is -1.49. The fourth-order valence-electron chi connectivity index (χ4n) is 2.61. The highest BCUT2D eigenvalue weighted by Gasteiger charge is 2.25. The molecule has 1 aliphatic rings. The van der Waals surface area contributed by atoms with Crippen molar-refractivity contribution < 1.29 is 4.74 Å². The molecule has 2 rings (SSSR count). The predicted molar refractivity (Wildman–Crippen MR) is 82.7 cm³/mol. The second kappa shape index (κ2) is 6.31. The molecule has 1 aromatic rings. The van der Waals surface area contributed by atoms with Crippen molar-refractivity contribution >= 4 is 11.5 Å². The standard InChI is InChI=1S/C15H26N4O/c1-10(2)20-15-13(16)8-9-14(17-15)18-19-11(3)6-5-7-12(19)4/h8-12H,5-7,16H2,1-4H3,(H,17,18). The van der Waals surface area contributed by atoms with Gasteiger partial charge < -0.3 is 15.9 Å². The molecule has 2 heterocycles. The zero-order valence-electron chi connectivity index (χ0n) is 12.9. The molecule has 20 heavy (non-hydrogen) atoms. The van der Waals surface area contributed by atoms with Gasteiger partial charge in [-0.2, -0.15) is 4.98 Å². The van der Waals surface area contributed by atoms with Crippen LogP contribution in [0.25, 0.3) is 0 Å². The number of rotatable bonds is 4. The number of piperidine rings is 1. The first-order valence-corrected chi connectivity index (χ1v) is 7.45. The largest absolute Gasteiger partial charge is 0.473 e. The molecular formula is C15H26N4O. The van der Waals surface area contributed by atoms with Crippen LogP contribution in [-0.4, -0.2) is 28.2 Å². The van der Waals surface area contributed by atoms with Gasteiger partial charge in [0, 0.05) is 12.1 Å². The lowest BCUT2D eigenvalue weighted by Gasteiger charge is -2.39. The fourth-order valence-corrected chi connectivity index (χ4v) is 2.61. The molecule has 2 atom stereocenters. The molecule has 1 aliphatic heterocycles. The number of hydrogen-bond acceptors (Lipinski definition) is 5. The molecule has 0 aliphatic carbocycles. The van der Waals surface area contributed by atoms with Crippen LogP contribution in [-0.2, 0) is 0 Å². The van der Waals surface area contributed by atoms with E-state index in [-0.39, 0.29) is 6.10 Å². The van der Waals surface area contributed by atoms with Crippen molar-refractivity contribution in [3.8, 4) is 5.88 Å². The average Bonchev–Trinajstić information content (AvgIpc) is 2.37. The Kier molecular flexibility index (Phi) is 4.70. The smallest absolute Gasteiger partial charge is 0.239 e. The topological polar surface area (TPSA) is 63.4 Å². The van der Waals surface area contributed by atoms with E-state index in [2.05, 4.69) is 29.3 Å². The molecule has 5 nitrogen and oxygen atoms in total. The Balaban J connectivity index is 2.12. The molecule has 0 spiro atoms. The highest BCUT2D eigenvalue weighted by molar-refractivity contribution is 5.53. The van der Waals surface area contributed by atoms with Gasteiger partial charge in [-0.05, 0) is 52.7 Å². The number of hydrogen-bond donors (Lipinski definition) is 2. The van der Waals surface area contributed by atoms with Gasteiger partial charge in [0.2, 0.25) is 5.88 Å². The lowest BCUT2D eigenvalue weighted by molar-refractivity contribution is 0.135. The van der Waals surface area contributed by atoms with E-state index in [9.17, 15) is 0 Å². The molecule has 1 saturated heterocycles. The fraction of sp³-hybridized carbons (Fsp3) is 0.667. The summed E-state index contributed by atoms with van der Waals surface area (Å²) in [7, 11) is 0. The van der Waals surface area contributed by atoms with E-state index in [1.54, 1.807) is 0 Å². The number of nitrogens with zero attached hydrogens (tertiary/aromatic N) is 2. The maximum Gasteiger partial charge on any atom is 0.239 e. The van der Waals surface area contributed by atoms with Gasteiger partial charge in [-0.15, -0.1) is 0 Å². The van der Waals surface area contributed by atoms with Crippen LogP contribution in [0.3, 0.4) is 0 Å². The summed E-state index contributed by atoms with van der Waals surface area (Å²) in [6.45, 7) is 8.42. The summed E-state index contributed by atoms with van der Waals surface area (Å²) >= 11 is 0. The molecule has 112 valence electrons. The number of anilines is 2. The number of nitrogen functional groups attached to an aromatic ring is 1. The van der Waals surface area contributed by atoms with Crippen molar-refractivity contribution in [1.29, 1.82) is 0 Å². The summed E-state index contributed by atoms with van der Waals surface area (Å²) < 4.78 is 5.63. The average molecular weight is 278 g/mol. The summed E-state index contributed by atoms with van der Waals surface area (Å²) in [5.41, 5.74) is 9.88. The molecule has 1 fully saturated rings. The first-order chi connectivity index (χ1) is 9.47. The van der Waals surface area contributed by atoms with E-state index in [0.717, 1.165) is 5.82 Å². The number of ether oxygens (including phenoxy) is 1. The molecule has 0 saturated carbocycles. The van der Waals surface area contributed by atoms with Crippen LogP contribution >= 0.6 is 0 Å². The van der Waals surface area contributed by atoms with Crippen LogP contribution in [0.2, 0.25) is 0 Å². The number of pyridine rings is 1. The molecule has 3 N–H and O–H groups in total. The van der Waals surface area contributed by atoms with Crippen LogP contribution in [0.4, 0.5) is 11.5 Å². The Morgan fingerprint density at radius 2 is 1.95 bits per heavy atom. The third-order valence-corrected chi connectivity index (χ3v) is 3.67. The van der Waals surface area contributed by atoms with E-state index in [0.29, 0.717) is 23.7 Å². The van der Waals surface area contributed by atoms with E-state index >= 15 is 0 Å². The third-order valence-electron chi connectivity index (χ3n) is 3.67. The van der Waals surface area contributed by atoms with Crippen molar-refractivity contribution in [2.24, 2.45) is 0 Å². The quantitative estimate of drug-likeness (QED) is 0.886. The SMILES string of the molecule is CC(C)Oc1nc(NN2C(C)CCCC2C)ccc1N. The van der Waals surface area contributed by atoms with E-state index in [1.165, 1.54) is 19.3 Å². The van der Waals surface area contributed by atoms with Gasteiger partial charge in [-0.25, -0.2) is 5.01 Å². The normalized spacial score (nSPS) is 23.9. The van der Waals surface area contributed by atoms with Gasteiger partial charge >= 0.3 is 0 Å². The van der Waals surface area contributed by atoms with E-state index in [4.69, 9.17) is 10.5 Å². The van der Waals surface area contributed by atoms with Crippen molar-refractivity contribution in [2.75, 3.05) is 11.2 Å². The summed E-state index contributed by atoms with van der Waals surface area (Å²) in [6, 6.07) is 4.75. The zero-order valence-corrected chi connectivity index (χ0v) is 12.9. The van der Waals surface area contributed by atoms with Crippen LogP contribution in [0.1, 0.15) is 47.0 Å². The van der Waals surface area contributed by atoms with Crippen molar-refractivity contribution in [1.82, 2.24) is 9.99 Å². The molecule has 2 unspecified atom stereocenters. The highest BCUT2D eigenvalue weighted by Crippen LogP contribution is 2.26. The van der Waals surface area contributed by atoms with Crippen LogP contribution in [0.5, 0.6) is 5.88 Å².